The Labute approximate surface area is 159 Å². The van der Waals surface area contributed by atoms with Gasteiger partial charge in [0.1, 0.15) is 5.00 Å². The fraction of sp³-hybridized carbons (Fsp3) is 0.278. The third kappa shape index (κ3) is 3.86. The van der Waals surface area contributed by atoms with Crippen molar-refractivity contribution in [3.63, 3.8) is 0 Å². The van der Waals surface area contributed by atoms with Gasteiger partial charge in [-0.25, -0.2) is 4.79 Å². The maximum absolute atomic E-state index is 12.3. The predicted octanol–water partition coefficient (Wildman–Crippen LogP) is 3.15. The minimum atomic E-state index is -0.476. The topological polar surface area (TPSA) is 75.7 Å². The van der Waals surface area contributed by atoms with Gasteiger partial charge in [-0.3, -0.25) is 9.59 Å². The van der Waals surface area contributed by atoms with E-state index in [4.69, 9.17) is 4.74 Å². The molecule has 2 aromatic rings. The molecule has 0 radical (unpaired) electrons. The first kappa shape index (κ1) is 18.3. The first-order valence-corrected chi connectivity index (χ1v) is 9.70. The van der Waals surface area contributed by atoms with Gasteiger partial charge in [0.2, 0.25) is 11.8 Å². The molecule has 0 atom stereocenters. The van der Waals surface area contributed by atoms with Gasteiger partial charge in [-0.2, -0.15) is 0 Å². The summed E-state index contributed by atoms with van der Waals surface area (Å²) in [6.45, 7) is 2.52. The molecule has 26 heavy (non-hydrogen) atoms. The molecule has 8 heteroatoms. The van der Waals surface area contributed by atoms with E-state index in [1.807, 2.05) is 17.5 Å². The largest absolute Gasteiger partial charge is 0.465 e. The van der Waals surface area contributed by atoms with E-state index in [1.165, 1.54) is 42.8 Å². The van der Waals surface area contributed by atoms with E-state index in [0.29, 0.717) is 30.1 Å². The van der Waals surface area contributed by atoms with Crippen molar-refractivity contribution in [1.82, 2.24) is 4.90 Å². The second-order valence-electron chi connectivity index (χ2n) is 5.73. The number of ether oxygens (including phenoxy) is 1. The average Bonchev–Trinajstić information content (AvgIpc) is 3.25. The maximum atomic E-state index is 12.3. The summed E-state index contributed by atoms with van der Waals surface area (Å²) in [7, 11) is 1.32. The lowest BCUT2D eigenvalue weighted by molar-refractivity contribution is -0.129. The molecule has 1 aliphatic rings. The van der Waals surface area contributed by atoms with E-state index in [1.54, 1.807) is 11.0 Å². The molecule has 1 N–H and O–H groups in total. The molecule has 0 spiro atoms. The highest BCUT2D eigenvalue weighted by molar-refractivity contribution is 7.17. The number of fused-ring (bicyclic) bond motifs is 1. The summed E-state index contributed by atoms with van der Waals surface area (Å²) in [5.74, 6) is -0.796. The molecule has 0 unspecified atom stereocenters. The normalized spacial score (nSPS) is 13.5. The highest BCUT2D eigenvalue weighted by atomic mass is 32.1. The van der Waals surface area contributed by atoms with Crippen LogP contribution in [0.4, 0.5) is 5.00 Å². The van der Waals surface area contributed by atoms with Gasteiger partial charge in [0, 0.05) is 29.3 Å². The second-order valence-corrected chi connectivity index (χ2v) is 7.81. The Kier molecular flexibility index (Phi) is 5.53. The number of nitrogens with one attached hydrogen (secondary N) is 1. The standard InChI is InChI=1S/C18H18N2O4S2/c1-11(21)20-8-7-13-14(10-20)26-17(16(13)18(23)24-2)19-15(22)6-5-12-4-3-9-25-12/h3-6,9H,7-8,10H2,1-2H3,(H,19,22)/b6-5+. The zero-order valence-corrected chi connectivity index (χ0v) is 16.0. The summed E-state index contributed by atoms with van der Waals surface area (Å²) in [5.41, 5.74) is 1.26. The average molecular weight is 390 g/mol. The molecule has 136 valence electrons. The Balaban J connectivity index is 1.85. The molecule has 0 bridgehead atoms. The van der Waals surface area contributed by atoms with Crippen molar-refractivity contribution in [1.29, 1.82) is 0 Å². The van der Waals surface area contributed by atoms with Crippen molar-refractivity contribution in [2.24, 2.45) is 0 Å². The third-order valence-corrected chi connectivity index (χ3v) is 6.04. The quantitative estimate of drug-likeness (QED) is 0.643. The molecular formula is C18H18N2O4S2. The molecule has 1 aliphatic heterocycles. The van der Waals surface area contributed by atoms with Gasteiger partial charge in [-0.1, -0.05) is 6.07 Å². The fourth-order valence-electron chi connectivity index (χ4n) is 2.78. The Hall–Kier alpha value is -2.45. The smallest absolute Gasteiger partial charge is 0.341 e. The number of thiophene rings is 2. The molecular weight excluding hydrogens is 372 g/mol. The van der Waals surface area contributed by atoms with Crippen molar-refractivity contribution in [3.05, 3.63) is 44.5 Å². The molecule has 3 heterocycles. The number of esters is 1. The van der Waals surface area contributed by atoms with Crippen LogP contribution in [0, 0.1) is 0 Å². The van der Waals surface area contributed by atoms with E-state index in [-0.39, 0.29) is 11.8 Å². The Morgan fingerprint density at radius 2 is 2.15 bits per heavy atom. The minimum Gasteiger partial charge on any atom is -0.465 e. The Bertz CT molecular complexity index is 868. The van der Waals surface area contributed by atoms with Crippen LogP contribution in [0.25, 0.3) is 6.08 Å². The van der Waals surface area contributed by atoms with E-state index in [0.717, 1.165) is 15.3 Å². The third-order valence-electron chi connectivity index (χ3n) is 4.07. The number of carbonyl (C=O) groups excluding carboxylic acids is 3. The van der Waals surface area contributed by atoms with Gasteiger partial charge in [-0.05, 0) is 29.5 Å². The van der Waals surface area contributed by atoms with Crippen molar-refractivity contribution >= 4 is 51.5 Å². The van der Waals surface area contributed by atoms with Gasteiger partial charge in [-0.15, -0.1) is 22.7 Å². The first-order valence-electron chi connectivity index (χ1n) is 8.00. The zero-order chi connectivity index (χ0) is 18.7. The van der Waals surface area contributed by atoms with Crippen LogP contribution >= 0.6 is 22.7 Å². The monoisotopic (exact) mass is 390 g/mol. The summed E-state index contributed by atoms with van der Waals surface area (Å²) < 4.78 is 4.90. The zero-order valence-electron chi connectivity index (χ0n) is 14.4. The lowest BCUT2D eigenvalue weighted by Gasteiger charge is -2.25. The Morgan fingerprint density at radius 3 is 2.81 bits per heavy atom. The van der Waals surface area contributed by atoms with Crippen LogP contribution in [-0.2, 0) is 27.3 Å². The van der Waals surface area contributed by atoms with Crippen molar-refractivity contribution in [2.45, 2.75) is 19.9 Å². The van der Waals surface area contributed by atoms with E-state index >= 15 is 0 Å². The minimum absolute atomic E-state index is 0.00636. The molecule has 0 saturated heterocycles. The molecule has 0 aromatic carbocycles. The lowest BCUT2D eigenvalue weighted by Crippen LogP contribution is -2.33. The Morgan fingerprint density at radius 1 is 1.35 bits per heavy atom. The second kappa shape index (κ2) is 7.84. The van der Waals surface area contributed by atoms with Gasteiger partial charge in [0.05, 0.1) is 19.2 Å². The van der Waals surface area contributed by atoms with E-state index in [9.17, 15) is 14.4 Å². The number of anilines is 1. The number of amides is 2. The van der Waals surface area contributed by atoms with Gasteiger partial charge in [0.15, 0.2) is 0 Å². The van der Waals surface area contributed by atoms with Gasteiger partial charge in [0.25, 0.3) is 0 Å². The molecule has 2 aromatic heterocycles. The van der Waals surface area contributed by atoms with E-state index < -0.39 is 5.97 Å². The SMILES string of the molecule is COC(=O)c1c(NC(=O)/C=C/c2cccs2)sc2c1CCN(C(C)=O)C2. The summed E-state index contributed by atoms with van der Waals surface area (Å²) in [4.78, 5) is 39.7. The number of hydrogen-bond acceptors (Lipinski definition) is 6. The lowest BCUT2D eigenvalue weighted by atomic mass is 10.0. The predicted molar refractivity (Wildman–Crippen MR) is 102 cm³/mol. The maximum Gasteiger partial charge on any atom is 0.341 e. The van der Waals surface area contributed by atoms with Crippen LogP contribution in [0.2, 0.25) is 0 Å². The molecule has 0 fully saturated rings. The van der Waals surface area contributed by atoms with E-state index in [2.05, 4.69) is 5.32 Å². The van der Waals surface area contributed by atoms with Crippen LogP contribution in [0.5, 0.6) is 0 Å². The van der Waals surface area contributed by atoms with Crippen molar-refractivity contribution in [3.8, 4) is 0 Å². The summed E-state index contributed by atoms with van der Waals surface area (Å²) in [6.07, 6.45) is 3.73. The molecule has 3 rings (SSSR count). The number of methoxy groups -OCH3 is 1. The van der Waals surface area contributed by atoms with Crippen molar-refractivity contribution < 1.29 is 19.1 Å². The number of nitrogens with zero attached hydrogens (tertiary/aromatic N) is 1. The van der Waals surface area contributed by atoms with Crippen LogP contribution in [0.3, 0.4) is 0 Å². The van der Waals surface area contributed by atoms with Crippen LogP contribution in [-0.4, -0.2) is 36.3 Å². The summed E-state index contributed by atoms with van der Waals surface area (Å²) >= 11 is 2.85. The number of rotatable bonds is 4. The molecule has 2 amide bonds. The van der Waals surface area contributed by atoms with Crippen LogP contribution in [0.15, 0.2) is 23.6 Å². The summed E-state index contributed by atoms with van der Waals surface area (Å²) in [6, 6.07) is 3.82. The highest BCUT2D eigenvalue weighted by Crippen LogP contribution is 2.37. The fourth-order valence-corrected chi connectivity index (χ4v) is 4.65. The molecule has 6 nitrogen and oxygen atoms in total. The first-order chi connectivity index (χ1) is 12.5. The molecule has 0 aliphatic carbocycles. The number of carbonyl (C=O) groups is 3. The number of hydrogen-bond donors (Lipinski definition) is 1. The van der Waals surface area contributed by atoms with Crippen LogP contribution < -0.4 is 5.32 Å². The summed E-state index contributed by atoms with van der Waals surface area (Å²) in [5, 5.41) is 5.18. The van der Waals surface area contributed by atoms with Crippen molar-refractivity contribution in [2.75, 3.05) is 19.0 Å². The van der Waals surface area contributed by atoms with Gasteiger partial charge >= 0.3 is 5.97 Å². The van der Waals surface area contributed by atoms with Crippen LogP contribution in [0.1, 0.15) is 32.6 Å². The van der Waals surface area contributed by atoms with Gasteiger partial charge < -0.3 is 15.0 Å². The molecule has 0 saturated carbocycles. The highest BCUT2D eigenvalue weighted by Gasteiger charge is 2.29.